The summed E-state index contributed by atoms with van der Waals surface area (Å²) in [5.74, 6) is 0. The topological polar surface area (TPSA) is 24.9 Å². The van der Waals surface area contributed by atoms with E-state index < -0.39 is 0 Å². The third-order valence-corrected chi connectivity index (χ3v) is 5.14. The van der Waals surface area contributed by atoms with E-state index in [-0.39, 0.29) is 0 Å². The highest BCUT2D eigenvalue weighted by atomic mass is 14.9. The lowest BCUT2D eigenvalue weighted by Crippen LogP contribution is -2.31. The van der Waals surface area contributed by atoms with Crippen molar-refractivity contribution in [2.75, 3.05) is 6.54 Å². The molecule has 1 aliphatic carbocycles. The van der Waals surface area contributed by atoms with E-state index in [1.807, 2.05) is 6.92 Å². The Bertz CT molecular complexity index is 612. The molecule has 3 rings (SSSR count). The number of pyridine rings is 1. The van der Waals surface area contributed by atoms with Gasteiger partial charge in [-0.3, -0.25) is 4.98 Å². The van der Waals surface area contributed by atoms with Crippen LogP contribution in [0.3, 0.4) is 0 Å². The second-order valence-electron chi connectivity index (χ2n) is 6.64. The summed E-state index contributed by atoms with van der Waals surface area (Å²) < 4.78 is 0. The number of hydrogen-bond acceptors (Lipinski definition) is 2. The third-order valence-electron chi connectivity index (χ3n) is 5.14. The zero-order valence-corrected chi connectivity index (χ0v) is 13.3. The molecule has 0 amide bonds. The Morgan fingerprint density at radius 1 is 1.14 bits per heavy atom. The van der Waals surface area contributed by atoms with Gasteiger partial charge >= 0.3 is 0 Å². The van der Waals surface area contributed by atoms with E-state index in [1.54, 1.807) is 0 Å². The van der Waals surface area contributed by atoms with Gasteiger partial charge in [-0.15, -0.1) is 0 Å². The molecule has 1 saturated carbocycles. The molecule has 1 heterocycles. The number of nitrogens with zero attached hydrogens (tertiary/aromatic N) is 1. The molecule has 112 valence electrons. The standard InChI is InChI=1S/C19H26N2/c1-3-19(10-4-5-11-19)14-20-13-16-7-9-18-17(12-16)8-6-15(2)21-18/h6-9,12,20H,3-5,10-11,13-14H2,1-2H3. The molecule has 2 heteroatoms. The smallest absolute Gasteiger partial charge is 0.0705 e. The highest BCUT2D eigenvalue weighted by molar-refractivity contribution is 5.79. The summed E-state index contributed by atoms with van der Waals surface area (Å²) in [6.07, 6.45) is 6.93. The summed E-state index contributed by atoms with van der Waals surface area (Å²) in [5, 5.41) is 4.93. The molecule has 1 fully saturated rings. The van der Waals surface area contributed by atoms with Crippen LogP contribution in [-0.4, -0.2) is 11.5 Å². The van der Waals surface area contributed by atoms with E-state index >= 15 is 0 Å². The second-order valence-corrected chi connectivity index (χ2v) is 6.64. The third kappa shape index (κ3) is 3.26. The van der Waals surface area contributed by atoms with Gasteiger partial charge in [-0.1, -0.05) is 31.9 Å². The molecule has 21 heavy (non-hydrogen) atoms. The van der Waals surface area contributed by atoms with Gasteiger partial charge in [0.15, 0.2) is 0 Å². The van der Waals surface area contributed by atoms with Crippen LogP contribution in [0.5, 0.6) is 0 Å². The van der Waals surface area contributed by atoms with Crippen molar-refractivity contribution in [3.63, 3.8) is 0 Å². The van der Waals surface area contributed by atoms with Crippen molar-refractivity contribution >= 4 is 10.9 Å². The van der Waals surface area contributed by atoms with Crippen molar-refractivity contribution in [1.29, 1.82) is 0 Å². The first kappa shape index (κ1) is 14.5. The fraction of sp³-hybridized carbons (Fsp3) is 0.526. The van der Waals surface area contributed by atoms with Gasteiger partial charge in [0.1, 0.15) is 0 Å². The fourth-order valence-corrected chi connectivity index (χ4v) is 3.64. The van der Waals surface area contributed by atoms with Crippen molar-refractivity contribution in [2.45, 2.75) is 52.5 Å². The summed E-state index contributed by atoms with van der Waals surface area (Å²) in [6, 6.07) is 10.9. The number of fused-ring (bicyclic) bond motifs is 1. The largest absolute Gasteiger partial charge is 0.312 e. The van der Waals surface area contributed by atoms with Crippen LogP contribution in [0, 0.1) is 12.3 Å². The van der Waals surface area contributed by atoms with E-state index in [2.05, 4.69) is 47.6 Å². The van der Waals surface area contributed by atoms with Crippen LogP contribution in [0.4, 0.5) is 0 Å². The van der Waals surface area contributed by atoms with Crippen molar-refractivity contribution in [3.8, 4) is 0 Å². The summed E-state index contributed by atoms with van der Waals surface area (Å²) >= 11 is 0. The number of benzene rings is 1. The first-order chi connectivity index (χ1) is 10.2. The Kier molecular flexibility index (Phi) is 4.25. The lowest BCUT2D eigenvalue weighted by molar-refractivity contribution is 0.268. The number of nitrogens with one attached hydrogen (secondary N) is 1. The quantitative estimate of drug-likeness (QED) is 0.866. The monoisotopic (exact) mass is 282 g/mol. The van der Waals surface area contributed by atoms with E-state index in [0.29, 0.717) is 5.41 Å². The number of hydrogen-bond donors (Lipinski definition) is 1. The molecule has 0 radical (unpaired) electrons. The van der Waals surface area contributed by atoms with Crippen LogP contribution >= 0.6 is 0 Å². The maximum Gasteiger partial charge on any atom is 0.0705 e. The normalized spacial score (nSPS) is 17.4. The van der Waals surface area contributed by atoms with Gasteiger partial charge in [0.25, 0.3) is 0 Å². The highest BCUT2D eigenvalue weighted by Crippen LogP contribution is 2.40. The van der Waals surface area contributed by atoms with Crippen LogP contribution in [0.25, 0.3) is 10.9 Å². The van der Waals surface area contributed by atoms with Gasteiger partial charge in [-0.25, -0.2) is 0 Å². The molecule has 0 saturated heterocycles. The Labute approximate surface area is 128 Å². The first-order valence-electron chi connectivity index (χ1n) is 8.28. The van der Waals surface area contributed by atoms with E-state index in [4.69, 9.17) is 0 Å². The molecule has 0 bridgehead atoms. The summed E-state index contributed by atoms with van der Waals surface area (Å²) in [5.41, 5.74) is 4.10. The minimum atomic E-state index is 0.565. The van der Waals surface area contributed by atoms with Gasteiger partial charge in [-0.05, 0) is 55.4 Å². The predicted octanol–water partition coefficient (Wildman–Crippen LogP) is 4.60. The fourth-order valence-electron chi connectivity index (χ4n) is 3.64. The Balaban J connectivity index is 1.64. The predicted molar refractivity (Wildman–Crippen MR) is 89.4 cm³/mol. The molecule has 1 aromatic carbocycles. The molecule has 1 aromatic heterocycles. The van der Waals surface area contributed by atoms with E-state index in [1.165, 1.54) is 43.1 Å². The van der Waals surface area contributed by atoms with Crippen LogP contribution in [0.15, 0.2) is 30.3 Å². The molecule has 0 spiro atoms. The summed E-state index contributed by atoms with van der Waals surface area (Å²) in [6.45, 7) is 6.51. The number of aryl methyl sites for hydroxylation is 1. The second kappa shape index (κ2) is 6.15. The van der Waals surface area contributed by atoms with Gasteiger partial charge in [0.2, 0.25) is 0 Å². The minimum absolute atomic E-state index is 0.565. The first-order valence-corrected chi connectivity index (χ1v) is 8.28. The van der Waals surface area contributed by atoms with Gasteiger partial charge in [-0.2, -0.15) is 0 Å². The van der Waals surface area contributed by atoms with E-state index in [9.17, 15) is 0 Å². The molecule has 1 N–H and O–H groups in total. The van der Waals surface area contributed by atoms with Gasteiger partial charge in [0.05, 0.1) is 5.52 Å². The van der Waals surface area contributed by atoms with Crippen molar-refractivity contribution < 1.29 is 0 Å². The van der Waals surface area contributed by atoms with Gasteiger partial charge < -0.3 is 5.32 Å². The molecule has 2 nitrogen and oxygen atoms in total. The molecule has 0 aliphatic heterocycles. The van der Waals surface area contributed by atoms with Crippen LogP contribution in [0.1, 0.15) is 50.3 Å². The maximum atomic E-state index is 4.56. The average molecular weight is 282 g/mol. The van der Waals surface area contributed by atoms with Crippen LogP contribution < -0.4 is 5.32 Å². The molecule has 0 unspecified atom stereocenters. The number of rotatable bonds is 5. The lowest BCUT2D eigenvalue weighted by Gasteiger charge is -2.27. The Morgan fingerprint density at radius 2 is 1.95 bits per heavy atom. The number of aromatic nitrogens is 1. The van der Waals surface area contributed by atoms with Crippen molar-refractivity contribution in [3.05, 3.63) is 41.6 Å². The summed E-state index contributed by atoms with van der Waals surface area (Å²) in [4.78, 5) is 4.56. The zero-order valence-electron chi connectivity index (χ0n) is 13.3. The molecule has 1 aliphatic rings. The Hall–Kier alpha value is -1.41. The van der Waals surface area contributed by atoms with Gasteiger partial charge in [0, 0.05) is 24.2 Å². The molecule has 0 atom stereocenters. The average Bonchev–Trinajstić information content (AvgIpc) is 2.97. The molecular weight excluding hydrogens is 256 g/mol. The maximum absolute atomic E-state index is 4.56. The lowest BCUT2D eigenvalue weighted by atomic mass is 9.83. The van der Waals surface area contributed by atoms with Crippen LogP contribution in [0.2, 0.25) is 0 Å². The molecular formula is C19H26N2. The summed E-state index contributed by atoms with van der Waals surface area (Å²) in [7, 11) is 0. The highest BCUT2D eigenvalue weighted by Gasteiger charge is 2.31. The zero-order chi connectivity index (χ0) is 14.7. The molecule has 2 aromatic rings. The van der Waals surface area contributed by atoms with Crippen molar-refractivity contribution in [2.24, 2.45) is 5.41 Å². The minimum Gasteiger partial charge on any atom is -0.312 e. The Morgan fingerprint density at radius 3 is 2.71 bits per heavy atom. The van der Waals surface area contributed by atoms with E-state index in [0.717, 1.165) is 24.3 Å². The SMILES string of the molecule is CCC1(CNCc2ccc3nc(C)ccc3c2)CCCC1. The van der Waals surface area contributed by atoms with Crippen molar-refractivity contribution in [1.82, 2.24) is 10.3 Å². The van der Waals surface area contributed by atoms with Crippen LogP contribution in [-0.2, 0) is 6.54 Å².